The van der Waals surface area contributed by atoms with Gasteiger partial charge in [0.1, 0.15) is 5.69 Å². The first-order valence-corrected chi connectivity index (χ1v) is 6.62. The molecule has 116 valence electrons. The largest absolute Gasteiger partial charge is 0.433 e. The van der Waals surface area contributed by atoms with Crippen molar-refractivity contribution in [1.29, 1.82) is 0 Å². The van der Waals surface area contributed by atoms with Crippen LogP contribution >= 0.6 is 0 Å². The van der Waals surface area contributed by atoms with Crippen LogP contribution in [0, 0.1) is 5.92 Å². The van der Waals surface area contributed by atoms with Gasteiger partial charge in [-0.05, 0) is 18.9 Å². The Morgan fingerprint density at radius 3 is 2.57 bits per heavy atom. The number of carbonyl (C=O) groups excluding carboxylic acids is 1. The van der Waals surface area contributed by atoms with Crippen LogP contribution in [0.15, 0.2) is 12.3 Å². The highest BCUT2D eigenvalue weighted by Gasteiger charge is 2.34. The lowest BCUT2D eigenvalue weighted by molar-refractivity contribution is -0.141. The molecule has 8 heteroatoms. The minimum Gasteiger partial charge on any atom is -0.396 e. The van der Waals surface area contributed by atoms with Crippen molar-refractivity contribution >= 4 is 17.3 Å². The van der Waals surface area contributed by atoms with Crippen LogP contribution in [0.5, 0.6) is 0 Å². The van der Waals surface area contributed by atoms with Crippen molar-refractivity contribution in [1.82, 2.24) is 10.3 Å². The summed E-state index contributed by atoms with van der Waals surface area (Å²) in [6.07, 6.45) is -2.29. The number of nitrogens with two attached hydrogens (primary N) is 1. The van der Waals surface area contributed by atoms with Crippen LogP contribution < -0.4 is 16.0 Å². The number of piperidine rings is 1. The minimum atomic E-state index is -4.50. The van der Waals surface area contributed by atoms with E-state index in [1.807, 2.05) is 0 Å². The van der Waals surface area contributed by atoms with E-state index in [0.29, 0.717) is 31.6 Å². The standard InChI is InChI=1S/C13H17F3N4O/c1-18-12(21)8-2-4-20(5-3-8)10-6-11(13(14,15)16)19-7-9(10)17/h6-8H,2-5,17H2,1H3,(H,18,21). The molecule has 3 N–H and O–H groups in total. The number of anilines is 2. The highest BCUT2D eigenvalue weighted by atomic mass is 19.4. The normalized spacial score (nSPS) is 16.9. The fourth-order valence-electron chi connectivity index (χ4n) is 2.47. The summed E-state index contributed by atoms with van der Waals surface area (Å²) in [6.45, 7) is 0.979. The van der Waals surface area contributed by atoms with Crippen molar-refractivity contribution in [3.05, 3.63) is 18.0 Å². The number of amides is 1. The topological polar surface area (TPSA) is 71.2 Å². The first-order valence-electron chi connectivity index (χ1n) is 6.62. The summed E-state index contributed by atoms with van der Waals surface area (Å²) in [5.74, 6) is -0.135. The molecule has 0 unspecified atom stereocenters. The summed E-state index contributed by atoms with van der Waals surface area (Å²) in [4.78, 5) is 16.6. The number of hydrogen-bond donors (Lipinski definition) is 2. The van der Waals surface area contributed by atoms with E-state index in [4.69, 9.17) is 5.73 Å². The van der Waals surface area contributed by atoms with Crippen molar-refractivity contribution in [2.75, 3.05) is 30.8 Å². The molecule has 1 aliphatic rings. The lowest BCUT2D eigenvalue weighted by Gasteiger charge is -2.33. The maximum atomic E-state index is 12.7. The van der Waals surface area contributed by atoms with E-state index in [2.05, 4.69) is 10.3 Å². The molecule has 1 aromatic rings. The van der Waals surface area contributed by atoms with Crippen molar-refractivity contribution in [3.8, 4) is 0 Å². The fourth-order valence-corrected chi connectivity index (χ4v) is 2.47. The molecule has 21 heavy (non-hydrogen) atoms. The number of alkyl halides is 3. The third-order valence-electron chi connectivity index (χ3n) is 3.66. The zero-order valence-electron chi connectivity index (χ0n) is 11.6. The van der Waals surface area contributed by atoms with Gasteiger partial charge >= 0.3 is 6.18 Å². The van der Waals surface area contributed by atoms with Crippen molar-refractivity contribution in [3.63, 3.8) is 0 Å². The van der Waals surface area contributed by atoms with Crippen LogP contribution in [0.2, 0.25) is 0 Å². The third kappa shape index (κ3) is 3.37. The van der Waals surface area contributed by atoms with E-state index < -0.39 is 11.9 Å². The highest BCUT2D eigenvalue weighted by molar-refractivity contribution is 5.79. The molecule has 1 saturated heterocycles. The van der Waals surface area contributed by atoms with Gasteiger partial charge in [0.05, 0.1) is 17.6 Å². The number of halogens is 3. The van der Waals surface area contributed by atoms with E-state index in [1.54, 1.807) is 11.9 Å². The quantitative estimate of drug-likeness (QED) is 0.871. The van der Waals surface area contributed by atoms with E-state index in [-0.39, 0.29) is 17.5 Å². The first kappa shape index (κ1) is 15.4. The van der Waals surface area contributed by atoms with E-state index in [1.165, 1.54) is 0 Å². The predicted molar refractivity (Wildman–Crippen MR) is 72.7 cm³/mol. The molecule has 0 aromatic carbocycles. The smallest absolute Gasteiger partial charge is 0.396 e. The monoisotopic (exact) mass is 302 g/mol. The molecule has 2 rings (SSSR count). The van der Waals surface area contributed by atoms with E-state index in [9.17, 15) is 18.0 Å². The van der Waals surface area contributed by atoms with Gasteiger partial charge in [-0.3, -0.25) is 4.79 Å². The molecule has 1 aliphatic heterocycles. The Hall–Kier alpha value is -1.99. The Morgan fingerprint density at radius 1 is 1.43 bits per heavy atom. The zero-order chi connectivity index (χ0) is 15.6. The van der Waals surface area contributed by atoms with Gasteiger partial charge in [0, 0.05) is 26.1 Å². The average molecular weight is 302 g/mol. The predicted octanol–water partition coefficient (Wildman–Crippen LogP) is 1.65. The maximum Gasteiger partial charge on any atom is 0.433 e. The SMILES string of the molecule is CNC(=O)C1CCN(c2cc(C(F)(F)F)ncc2N)CC1. The molecular formula is C13H17F3N4O. The summed E-state index contributed by atoms with van der Waals surface area (Å²) in [5.41, 5.74) is 5.31. The lowest BCUT2D eigenvalue weighted by Crippen LogP contribution is -2.40. The van der Waals surface area contributed by atoms with Crippen molar-refractivity contribution in [2.24, 2.45) is 5.92 Å². The molecular weight excluding hydrogens is 285 g/mol. The highest BCUT2D eigenvalue weighted by Crippen LogP contribution is 2.34. The van der Waals surface area contributed by atoms with Crippen molar-refractivity contribution < 1.29 is 18.0 Å². The van der Waals surface area contributed by atoms with Gasteiger partial charge in [0.2, 0.25) is 5.91 Å². The Labute approximate surface area is 120 Å². The van der Waals surface area contributed by atoms with Crippen LogP contribution in [-0.2, 0) is 11.0 Å². The number of hydrogen-bond acceptors (Lipinski definition) is 4. The maximum absolute atomic E-state index is 12.7. The molecule has 2 heterocycles. The molecule has 1 aromatic heterocycles. The molecule has 0 spiro atoms. The summed E-state index contributed by atoms with van der Waals surface area (Å²) in [5, 5.41) is 2.59. The second kappa shape index (κ2) is 5.79. The number of pyridine rings is 1. The van der Waals surface area contributed by atoms with Crippen LogP contribution in [0.3, 0.4) is 0 Å². The Kier molecular flexibility index (Phi) is 4.24. The van der Waals surface area contributed by atoms with Gasteiger partial charge in [-0.1, -0.05) is 0 Å². The molecule has 0 radical (unpaired) electrons. The Morgan fingerprint density at radius 2 is 2.05 bits per heavy atom. The van der Waals surface area contributed by atoms with Crippen LogP contribution in [0.1, 0.15) is 18.5 Å². The number of nitrogens with one attached hydrogen (secondary N) is 1. The van der Waals surface area contributed by atoms with E-state index in [0.717, 1.165) is 12.3 Å². The van der Waals surface area contributed by atoms with Gasteiger partial charge in [0.25, 0.3) is 0 Å². The summed E-state index contributed by atoms with van der Waals surface area (Å²) < 4.78 is 38.1. The lowest BCUT2D eigenvalue weighted by atomic mass is 9.95. The molecule has 0 saturated carbocycles. The molecule has 5 nitrogen and oxygen atoms in total. The number of aromatic nitrogens is 1. The Bertz CT molecular complexity index is 525. The van der Waals surface area contributed by atoms with Crippen LogP contribution in [0.25, 0.3) is 0 Å². The number of carbonyl (C=O) groups is 1. The van der Waals surface area contributed by atoms with Crippen LogP contribution in [0.4, 0.5) is 24.5 Å². The second-order valence-electron chi connectivity index (χ2n) is 5.00. The second-order valence-corrected chi connectivity index (χ2v) is 5.00. The molecule has 1 amide bonds. The van der Waals surface area contributed by atoms with Gasteiger partial charge < -0.3 is 16.0 Å². The first-order chi connectivity index (χ1) is 9.82. The third-order valence-corrected chi connectivity index (χ3v) is 3.66. The van der Waals surface area contributed by atoms with E-state index >= 15 is 0 Å². The average Bonchev–Trinajstić information content (AvgIpc) is 2.46. The number of nitrogen functional groups attached to an aromatic ring is 1. The van der Waals surface area contributed by atoms with Gasteiger partial charge in [0.15, 0.2) is 0 Å². The summed E-state index contributed by atoms with van der Waals surface area (Å²) in [7, 11) is 1.57. The summed E-state index contributed by atoms with van der Waals surface area (Å²) >= 11 is 0. The number of nitrogens with zero attached hydrogens (tertiary/aromatic N) is 2. The molecule has 1 fully saturated rings. The fraction of sp³-hybridized carbons (Fsp3) is 0.538. The van der Waals surface area contributed by atoms with Crippen molar-refractivity contribution in [2.45, 2.75) is 19.0 Å². The Balaban J connectivity index is 2.15. The molecule has 0 bridgehead atoms. The molecule has 0 atom stereocenters. The zero-order valence-corrected chi connectivity index (χ0v) is 11.6. The van der Waals surface area contributed by atoms with Crippen LogP contribution in [-0.4, -0.2) is 31.0 Å². The summed E-state index contributed by atoms with van der Waals surface area (Å²) in [6, 6.07) is 0.968. The van der Waals surface area contributed by atoms with Gasteiger partial charge in [-0.2, -0.15) is 13.2 Å². The minimum absolute atomic E-state index is 0.0340. The van der Waals surface area contributed by atoms with Gasteiger partial charge in [-0.25, -0.2) is 4.98 Å². The molecule has 0 aliphatic carbocycles. The van der Waals surface area contributed by atoms with Gasteiger partial charge in [-0.15, -0.1) is 0 Å². The number of rotatable bonds is 2.